The lowest BCUT2D eigenvalue weighted by atomic mass is 10.1. The SMILES string of the molecule is COc1cc(C=C(C#N)C#N)cc(Br)c1OCC(=O)Nc1ccccc1C. The van der Waals surface area contributed by atoms with Crippen LogP contribution in [0.15, 0.2) is 46.4 Å². The molecule has 136 valence electrons. The van der Waals surface area contributed by atoms with E-state index in [9.17, 15) is 4.79 Å². The maximum Gasteiger partial charge on any atom is 0.262 e. The molecular weight excluding hydrogens is 410 g/mol. The highest BCUT2D eigenvalue weighted by atomic mass is 79.9. The highest BCUT2D eigenvalue weighted by molar-refractivity contribution is 9.10. The van der Waals surface area contributed by atoms with E-state index in [-0.39, 0.29) is 18.1 Å². The minimum absolute atomic E-state index is 0.0322. The Morgan fingerprint density at radius 1 is 1.26 bits per heavy atom. The number of ether oxygens (including phenoxy) is 2. The van der Waals surface area contributed by atoms with Gasteiger partial charge in [0.2, 0.25) is 0 Å². The molecule has 0 aromatic heterocycles. The third-order valence-electron chi connectivity index (χ3n) is 3.57. The Bertz CT molecular complexity index is 955. The highest BCUT2D eigenvalue weighted by Crippen LogP contribution is 2.37. The molecule has 2 aromatic carbocycles. The van der Waals surface area contributed by atoms with Crippen molar-refractivity contribution in [2.75, 3.05) is 19.0 Å². The van der Waals surface area contributed by atoms with Crippen molar-refractivity contribution in [3.8, 4) is 23.6 Å². The number of nitriles is 2. The summed E-state index contributed by atoms with van der Waals surface area (Å²) in [4.78, 5) is 12.2. The van der Waals surface area contributed by atoms with E-state index in [1.165, 1.54) is 13.2 Å². The van der Waals surface area contributed by atoms with E-state index in [1.54, 1.807) is 24.3 Å². The van der Waals surface area contributed by atoms with Crippen LogP contribution in [-0.2, 0) is 4.79 Å². The number of anilines is 1. The zero-order valence-corrected chi connectivity index (χ0v) is 16.3. The van der Waals surface area contributed by atoms with Crippen LogP contribution in [0, 0.1) is 29.6 Å². The van der Waals surface area contributed by atoms with E-state index in [1.807, 2.05) is 31.2 Å². The lowest BCUT2D eigenvalue weighted by molar-refractivity contribution is -0.118. The lowest BCUT2D eigenvalue weighted by Gasteiger charge is -2.14. The number of nitrogens with zero attached hydrogens (tertiary/aromatic N) is 2. The Hall–Kier alpha value is -3.29. The van der Waals surface area contributed by atoms with Crippen LogP contribution in [0.4, 0.5) is 5.69 Å². The average Bonchev–Trinajstić information content (AvgIpc) is 2.66. The summed E-state index contributed by atoms with van der Waals surface area (Å²) >= 11 is 3.37. The van der Waals surface area contributed by atoms with Crippen LogP contribution in [0.1, 0.15) is 11.1 Å². The summed E-state index contributed by atoms with van der Waals surface area (Å²) < 4.78 is 11.4. The first-order chi connectivity index (χ1) is 13.0. The fraction of sp³-hybridized carbons (Fsp3) is 0.150. The van der Waals surface area contributed by atoms with E-state index in [4.69, 9.17) is 20.0 Å². The average molecular weight is 426 g/mol. The molecule has 27 heavy (non-hydrogen) atoms. The van der Waals surface area contributed by atoms with Crippen molar-refractivity contribution in [3.63, 3.8) is 0 Å². The third-order valence-corrected chi connectivity index (χ3v) is 4.16. The van der Waals surface area contributed by atoms with Crippen molar-refractivity contribution in [2.45, 2.75) is 6.92 Å². The Kier molecular flexibility index (Phi) is 6.99. The van der Waals surface area contributed by atoms with Gasteiger partial charge in [0.05, 0.1) is 11.6 Å². The number of carbonyl (C=O) groups excluding carboxylic acids is 1. The number of hydrogen-bond acceptors (Lipinski definition) is 5. The topological polar surface area (TPSA) is 95.1 Å². The minimum Gasteiger partial charge on any atom is -0.493 e. The summed E-state index contributed by atoms with van der Waals surface area (Å²) in [6.07, 6.45) is 1.43. The van der Waals surface area contributed by atoms with Crippen molar-refractivity contribution < 1.29 is 14.3 Å². The van der Waals surface area contributed by atoms with Gasteiger partial charge in [0.15, 0.2) is 18.1 Å². The molecule has 0 aliphatic carbocycles. The molecule has 0 saturated heterocycles. The molecule has 0 saturated carbocycles. The first-order valence-electron chi connectivity index (χ1n) is 7.86. The molecule has 0 unspecified atom stereocenters. The number of methoxy groups -OCH3 is 1. The van der Waals surface area contributed by atoms with Crippen LogP contribution >= 0.6 is 15.9 Å². The van der Waals surface area contributed by atoms with Gasteiger partial charge in [0.25, 0.3) is 5.91 Å². The van der Waals surface area contributed by atoms with Crippen LogP contribution in [0.25, 0.3) is 6.08 Å². The van der Waals surface area contributed by atoms with E-state index in [0.29, 0.717) is 21.5 Å². The molecule has 0 heterocycles. The normalized spacial score (nSPS) is 9.52. The Labute approximate surface area is 165 Å². The molecule has 2 aromatic rings. The van der Waals surface area contributed by atoms with E-state index >= 15 is 0 Å². The van der Waals surface area contributed by atoms with Gasteiger partial charge in [-0.1, -0.05) is 18.2 Å². The van der Waals surface area contributed by atoms with Crippen LogP contribution in [-0.4, -0.2) is 19.6 Å². The van der Waals surface area contributed by atoms with Gasteiger partial charge in [0, 0.05) is 5.69 Å². The van der Waals surface area contributed by atoms with Gasteiger partial charge in [-0.15, -0.1) is 0 Å². The predicted octanol–water partition coefficient (Wildman–Crippen LogP) is 4.21. The lowest BCUT2D eigenvalue weighted by Crippen LogP contribution is -2.21. The maximum absolute atomic E-state index is 12.2. The maximum atomic E-state index is 12.2. The Morgan fingerprint density at radius 3 is 2.59 bits per heavy atom. The van der Waals surface area contributed by atoms with Gasteiger partial charge in [-0.05, 0) is 58.3 Å². The molecule has 0 bridgehead atoms. The number of amides is 1. The zero-order chi connectivity index (χ0) is 19.8. The van der Waals surface area contributed by atoms with Crippen LogP contribution in [0.5, 0.6) is 11.5 Å². The third kappa shape index (κ3) is 5.34. The van der Waals surface area contributed by atoms with Crippen LogP contribution < -0.4 is 14.8 Å². The summed E-state index contributed by atoms with van der Waals surface area (Å²) in [7, 11) is 1.46. The first-order valence-corrected chi connectivity index (χ1v) is 8.65. The van der Waals surface area contributed by atoms with Gasteiger partial charge in [-0.25, -0.2) is 0 Å². The predicted molar refractivity (Wildman–Crippen MR) is 105 cm³/mol. The number of hydrogen-bond donors (Lipinski definition) is 1. The smallest absolute Gasteiger partial charge is 0.262 e. The monoisotopic (exact) mass is 425 g/mol. The summed E-state index contributed by atoms with van der Waals surface area (Å²) in [5.74, 6) is 0.415. The quantitative estimate of drug-likeness (QED) is 0.699. The molecule has 6 nitrogen and oxygen atoms in total. The Balaban J connectivity index is 2.16. The van der Waals surface area contributed by atoms with Crippen molar-refractivity contribution in [2.24, 2.45) is 0 Å². The second-order valence-corrected chi connectivity index (χ2v) is 6.32. The second kappa shape index (κ2) is 9.42. The number of benzene rings is 2. The van der Waals surface area contributed by atoms with Crippen LogP contribution in [0.2, 0.25) is 0 Å². The molecule has 0 aliphatic rings. The van der Waals surface area contributed by atoms with E-state index in [0.717, 1.165) is 11.3 Å². The summed E-state index contributed by atoms with van der Waals surface area (Å²) in [6.45, 7) is 1.69. The van der Waals surface area contributed by atoms with Crippen LogP contribution in [0.3, 0.4) is 0 Å². The van der Waals surface area contributed by atoms with Crippen molar-refractivity contribution in [1.82, 2.24) is 0 Å². The molecule has 0 atom stereocenters. The van der Waals surface area contributed by atoms with Crippen molar-refractivity contribution in [1.29, 1.82) is 10.5 Å². The fourth-order valence-corrected chi connectivity index (χ4v) is 2.83. The highest BCUT2D eigenvalue weighted by Gasteiger charge is 2.14. The van der Waals surface area contributed by atoms with Crippen molar-refractivity contribution >= 4 is 33.6 Å². The summed E-state index contributed by atoms with van der Waals surface area (Å²) in [5.41, 5.74) is 2.23. The molecule has 0 fully saturated rings. The second-order valence-electron chi connectivity index (χ2n) is 5.47. The number of nitrogens with one attached hydrogen (secondary N) is 1. The van der Waals surface area contributed by atoms with Gasteiger partial charge < -0.3 is 14.8 Å². The van der Waals surface area contributed by atoms with E-state index < -0.39 is 0 Å². The fourth-order valence-electron chi connectivity index (χ4n) is 2.26. The number of aryl methyl sites for hydroxylation is 1. The molecule has 0 aliphatic heterocycles. The summed E-state index contributed by atoms with van der Waals surface area (Å²) in [6, 6.07) is 14.3. The van der Waals surface area contributed by atoms with Gasteiger partial charge in [0.1, 0.15) is 17.7 Å². The number of carbonyl (C=O) groups is 1. The number of allylic oxidation sites excluding steroid dienone is 1. The first kappa shape index (κ1) is 20.0. The molecule has 7 heteroatoms. The molecular formula is C20H16BrN3O3. The van der Waals surface area contributed by atoms with Gasteiger partial charge in [-0.3, -0.25) is 4.79 Å². The zero-order valence-electron chi connectivity index (χ0n) is 14.7. The number of para-hydroxylation sites is 1. The van der Waals surface area contributed by atoms with Gasteiger partial charge >= 0.3 is 0 Å². The van der Waals surface area contributed by atoms with E-state index in [2.05, 4.69) is 21.2 Å². The summed E-state index contributed by atoms with van der Waals surface area (Å²) in [5, 5.41) is 20.5. The molecule has 1 N–H and O–H groups in total. The number of rotatable bonds is 6. The molecule has 0 spiro atoms. The minimum atomic E-state index is -0.307. The standard InChI is InChI=1S/C20H16BrN3O3/c1-13-5-3-4-6-17(13)24-19(25)12-27-20-16(21)8-14(9-18(20)26-2)7-15(10-22)11-23/h3-9H,12H2,1-2H3,(H,24,25). The molecule has 2 rings (SSSR count). The van der Waals surface area contributed by atoms with Gasteiger partial charge in [-0.2, -0.15) is 10.5 Å². The molecule has 1 amide bonds. The van der Waals surface area contributed by atoms with Crippen molar-refractivity contribution in [3.05, 3.63) is 57.6 Å². The Morgan fingerprint density at radius 2 is 1.96 bits per heavy atom. The largest absolute Gasteiger partial charge is 0.493 e. The number of halogens is 1. The molecule has 0 radical (unpaired) electrons.